The zero-order valence-electron chi connectivity index (χ0n) is 12.6. The lowest BCUT2D eigenvalue weighted by Crippen LogP contribution is -2.63. The van der Waals surface area contributed by atoms with Crippen molar-refractivity contribution in [3.8, 4) is 0 Å². The van der Waals surface area contributed by atoms with Crippen LogP contribution in [0, 0.1) is 0 Å². The van der Waals surface area contributed by atoms with E-state index in [9.17, 15) is 20.4 Å². The van der Waals surface area contributed by atoms with Crippen LogP contribution >= 0.6 is 0 Å². The van der Waals surface area contributed by atoms with Gasteiger partial charge >= 0.3 is 0 Å². The molecule has 0 aromatic heterocycles. The first kappa shape index (κ1) is 18.0. The molecule has 0 spiro atoms. The van der Waals surface area contributed by atoms with Crippen molar-refractivity contribution >= 4 is 0 Å². The summed E-state index contributed by atoms with van der Waals surface area (Å²) < 4.78 is 16.0. The Balaban J connectivity index is 2.04. The standard InChI is InChI=1S/C13H25NO8/c1-5-11(18)13(2,14)3-7(20-5)22-10-9(17)8(16)6(4-15)21-12(10)19/h5-12,15-19H,3-4,14H2,1-2H3/t5-,6+,7-,8+,9-,10+,11+,12?,13-/m0/s1. The van der Waals surface area contributed by atoms with Gasteiger partial charge in [0.2, 0.25) is 0 Å². The first-order valence-corrected chi connectivity index (χ1v) is 7.25. The molecule has 2 heterocycles. The van der Waals surface area contributed by atoms with E-state index in [0.717, 1.165) is 0 Å². The molecule has 2 rings (SSSR count). The predicted molar refractivity (Wildman–Crippen MR) is 72.4 cm³/mol. The summed E-state index contributed by atoms with van der Waals surface area (Å²) in [6.07, 6.45) is -9.00. The molecule has 0 amide bonds. The number of rotatable bonds is 3. The van der Waals surface area contributed by atoms with E-state index >= 15 is 0 Å². The van der Waals surface area contributed by atoms with Crippen LogP contribution in [0.4, 0.5) is 0 Å². The monoisotopic (exact) mass is 323 g/mol. The molecule has 22 heavy (non-hydrogen) atoms. The van der Waals surface area contributed by atoms with Crippen molar-refractivity contribution in [2.45, 2.75) is 75.0 Å². The minimum Gasteiger partial charge on any atom is -0.394 e. The van der Waals surface area contributed by atoms with Gasteiger partial charge < -0.3 is 45.5 Å². The van der Waals surface area contributed by atoms with Gasteiger partial charge in [-0.25, -0.2) is 0 Å². The van der Waals surface area contributed by atoms with Crippen molar-refractivity contribution in [2.75, 3.05) is 6.61 Å². The minimum atomic E-state index is -1.54. The third-order valence-corrected chi connectivity index (χ3v) is 4.24. The van der Waals surface area contributed by atoms with E-state index in [-0.39, 0.29) is 6.42 Å². The Hall–Kier alpha value is -0.360. The molecule has 1 unspecified atom stereocenters. The quantitative estimate of drug-likeness (QED) is 0.319. The van der Waals surface area contributed by atoms with Crippen molar-refractivity contribution in [3.05, 3.63) is 0 Å². The highest BCUT2D eigenvalue weighted by molar-refractivity contribution is 4.96. The molecule has 0 saturated carbocycles. The molecule has 7 N–H and O–H groups in total. The van der Waals surface area contributed by atoms with Gasteiger partial charge in [-0.15, -0.1) is 0 Å². The highest BCUT2D eigenvalue weighted by Crippen LogP contribution is 2.31. The summed E-state index contributed by atoms with van der Waals surface area (Å²) in [5, 5.41) is 48.7. The molecule has 0 aromatic carbocycles. The van der Waals surface area contributed by atoms with Gasteiger partial charge in [0.1, 0.15) is 24.4 Å². The molecule has 2 fully saturated rings. The van der Waals surface area contributed by atoms with Crippen molar-refractivity contribution < 1.29 is 39.7 Å². The van der Waals surface area contributed by atoms with Crippen LogP contribution in [-0.4, -0.2) is 86.9 Å². The molecule has 2 aliphatic heterocycles. The lowest BCUT2D eigenvalue weighted by molar-refractivity contribution is -0.339. The zero-order valence-corrected chi connectivity index (χ0v) is 12.6. The summed E-state index contributed by atoms with van der Waals surface area (Å²) in [5.74, 6) is 0. The normalized spacial score (nSPS) is 53.5. The molecule has 2 saturated heterocycles. The lowest BCUT2D eigenvalue weighted by Gasteiger charge is -2.46. The Labute approximate surface area is 128 Å². The largest absolute Gasteiger partial charge is 0.394 e. The van der Waals surface area contributed by atoms with Crippen molar-refractivity contribution in [3.63, 3.8) is 0 Å². The minimum absolute atomic E-state index is 0.133. The predicted octanol–water partition coefficient (Wildman–Crippen LogP) is -2.98. The third kappa shape index (κ3) is 3.42. The van der Waals surface area contributed by atoms with E-state index in [1.54, 1.807) is 13.8 Å². The molecule has 2 aliphatic rings. The topological polar surface area (TPSA) is 155 Å². The Morgan fingerprint density at radius 1 is 1.18 bits per heavy atom. The van der Waals surface area contributed by atoms with Gasteiger partial charge in [-0.2, -0.15) is 0 Å². The van der Waals surface area contributed by atoms with Crippen LogP contribution in [0.2, 0.25) is 0 Å². The van der Waals surface area contributed by atoms with Gasteiger partial charge in [0.25, 0.3) is 0 Å². The molecular formula is C13H25NO8. The van der Waals surface area contributed by atoms with Crippen LogP contribution in [0.3, 0.4) is 0 Å². The smallest absolute Gasteiger partial charge is 0.184 e. The highest BCUT2D eigenvalue weighted by atomic mass is 16.7. The first-order chi connectivity index (χ1) is 10.2. The summed E-state index contributed by atoms with van der Waals surface area (Å²) in [6, 6.07) is 0. The van der Waals surface area contributed by atoms with Crippen LogP contribution in [0.5, 0.6) is 0 Å². The maximum Gasteiger partial charge on any atom is 0.184 e. The number of aliphatic hydroxyl groups is 5. The molecule has 0 bridgehead atoms. The molecule has 9 heteroatoms. The first-order valence-electron chi connectivity index (χ1n) is 7.25. The Morgan fingerprint density at radius 3 is 2.36 bits per heavy atom. The van der Waals surface area contributed by atoms with E-state index < -0.39 is 61.3 Å². The average molecular weight is 323 g/mol. The van der Waals surface area contributed by atoms with E-state index in [1.165, 1.54) is 0 Å². The molecule has 130 valence electrons. The molecular weight excluding hydrogens is 298 g/mol. The SMILES string of the molecule is C[C@@H]1O[C@@H](O[C@H]2C(O)O[C@H](CO)[C@@H](O)[C@@H]2O)C[C@](C)(N)[C@@H]1O. The fourth-order valence-electron chi connectivity index (χ4n) is 2.85. The summed E-state index contributed by atoms with van der Waals surface area (Å²) in [7, 11) is 0. The fourth-order valence-corrected chi connectivity index (χ4v) is 2.85. The Morgan fingerprint density at radius 2 is 1.82 bits per heavy atom. The molecule has 9 atom stereocenters. The van der Waals surface area contributed by atoms with Crippen LogP contribution in [-0.2, 0) is 14.2 Å². The van der Waals surface area contributed by atoms with Gasteiger partial charge in [-0.3, -0.25) is 0 Å². The van der Waals surface area contributed by atoms with Crippen LogP contribution in [0.15, 0.2) is 0 Å². The number of hydrogen-bond donors (Lipinski definition) is 6. The highest BCUT2D eigenvalue weighted by Gasteiger charge is 2.48. The molecule has 0 aromatic rings. The second-order valence-corrected chi connectivity index (χ2v) is 6.26. The average Bonchev–Trinajstić information content (AvgIpc) is 2.44. The van der Waals surface area contributed by atoms with Gasteiger partial charge in [0.15, 0.2) is 12.6 Å². The van der Waals surface area contributed by atoms with Crippen LogP contribution in [0.1, 0.15) is 20.3 Å². The van der Waals surface area contributed by atoms with E-state index in [2.05, 4.69) is 0 Å². The van der Waals surface area contributed by atoms with E-state index in [1.807, 2.05) is 0 Å². The second-order valence-electron chi connectivity index (χ2n) is 6.26. The van der Waals surface area contributed by atoms with Crippen molar-refractivity contribution in [1.82, 2.24) is 0 Å². The zero-order chi connectivity index (χ0) is 16.7. The van der Waals surface area contributed by atoms with Gasteiger partial charge in [-0.1, -0.05) is 0 Å². The second kappa shape index (κ2) is 6.63. The van der Waals surface area contributed by atoms with Gasteiger partial charge in [-0.05, 0) is 13.8 Å². The van der Waals surface area contributed by atoms with Crippen molar-refractivity contribution in [2.24, 2.45) is 5.73 Å². The molecule has 9 nitrogen and oxygen atoms in total. The number of aliphatic hydroxyl groups excluding tert-OH is 5. The van der Waals surface area contributed by atoms with Gasteiger partial charge in [0.05, 0.1) is 18.8 Å². The summed E-state index contributed by atoms with van der Waals surface area (Å²) >= 11 is 0. The van der Waals surface area contributed by atoms with Gasteiger partial charge in [0, 0.05) is 12.0 Å². The van der Waals surface area contributed by atoms with Crippen LogP contribution in [0.25, 0.3) is 0 Å². The number of ether oxygens (including phenoxy) is 3. The maximum absolute atomic E-state index is 10.0. The Bertz CT molecular complexity index is 381. The molecule has 0 aliphatic carbocycles. The maximum atomic E-state index is 10.0. The summed E-state index contributed by atoms with van der Waals surface area (Å²) in [6.45, 7) is 2.73. The number of hydrogen-bond acceptors (Lipinski definition) is 9. The summed E-state index contributed by atoms with van der Waals surface area (Å²) in [4.78, 5) is 0. The van der Waals surface area contributed by atoms with E-state index in [0.29, 0.717) is 0 Å². The van der Waals surface area contributed by atoms with E-state index in [4.69, 9.17) is 25.1 Å². The van der Waals surface area contributed by atoms with Crippen LogP contribution < -0.4 is 5.73 Å². The fraction of sp³-hybridized carbons (Fsp3) is 1.00. The van der Waals surface area contributed by atoms with Crippen molar-refractivity contribution in [1.29, 1.82) is 0 Å². The lowest BCUT2D eigenvalue weighted by atomic mass is 9.86. The summed E-state index contributed by atoms with van der Waals surface area (Å²) in [5.41, 5.74) is 5.04. The third-order valence-electron chi connectivity index (χ3n) is 4.24. The molecule has 0 radical (unpaired) electrons. The number of nitrogens with two attached hydrogens (primary N) is 1. The Kier molecular flexibility index (Phi) is 5.42.